The summed E-state index contributed by atoms with van der Waals surface area (Å²) in [6, 6.07) is 10.4. The van der Waals surface area contributed by atoms with Gasteiger partial charge in [0.2, 0.25) is 0 Å². The number of likely N-dealkylation sites (tertiary alicyclic amines) is 1. The summed E-state index contributed by atoms with van der Waals surface area (Å²) in [5.74, 6) is 1.04. The molecule has 0 spiro atoms. The second kappa shape index (κ2) is 7.36. The summed E-state index contributed by atoms with van der Waals surface area (Å²) in [5.41, 5.74) is 1.30. The first kappa shape index (κ1) is 15.0. The Morgan fingerprint density at radius 3 is 2.68 bits per heavy atom. The Kier molecular flexibility index (Phi) is 5.01. The zero-order valence-electron chi connectivity index (χ0n) is 12.6. The molecule has 1 atom stereocenters. The maximum Gasteiger partial charge on any atom is 0.123 e. The summed E-state index contributed by atoms with van der Waals surface area (Å²) >= 11 is 0. The molecule has 3 nitrogen and oxygen atoms in total. The Morgan fingerprint density at radius 1 is 1.14 bits per heavy atom. The van der Waals surface area contributed by atoms with Gasteiger partial charge in [-0.05, 0) is 61.3 Å². The van der Waals surface area contributed by atoms with Crippen LogP contribution in [0.25, 0.3) is 0 Å². The molecule has 0 saturated carbocycles. The van der Waals surface area contributed by atoms with Gasteiger partial charge in [-0.2, -0.15) is 0 Å². The number of nitrogens with zero attached hydrogens (tertiary/aromatic N) is 2. The van der Waals surface area contributed by atoms with Crippen molar-refractivity contribution in [1.82, 2.24) is 9.88 Å². The van der Waals surface area contributed by atoms with E-state index >= 15 is 0 Å². The molecule has 1 aromatic carbocycles. The SMILES string of the molecule is Fc1ccc(OC[C@@H]2CCCN(Cc3ccncc3)C2)cc1. The van der Waals surface area contributed by atoms with Crippen LogP contribution >= 0.6 is 0 Å². The highest BCUT2D eigenvalue weighted by molar-refractivity contribution is 5.22. The largest absolute Gasteiger partial charge is 0.493 e. The summed E-state index contributed by atoms with van der Waals surface area (Å²) < 4.78 is 18.7. The van der Waals surface area contributed by atoms with Gasteiger partial charge in [0, 0.05) is 31.4 Å². The first-order valence-corrected chi connectivity index (χ1v) is 7.79. The number of halogens is 1. The van der Waals surface area contributed by atoms with Gasteiger partial charge in [0.05, 0.1) is 6.61 Å². The lowest BCUT2D eigenvalue weighted by Crippen LogP contribution is -2.37. The Bertz CT molecular complexity index is 573. The molecule has 0 amide bonds. The Labute approximate surface area is 130 Å². The van der Waals surface area contributed by atoms with Crippen LogP contribution in [-0.2, 0) is 6.54 Å². The predicted octanol–water partition coefficient (Wildman–Crippen LogP) is 3.51. The lowest BCUT2D eigenvalue weighted by Gasteiger charge is -2.32. The first-order chi connectivity index (χ1) is 10.8. The summed E-state index contributed by atoms with van der Waals surface area (Å²) in [6.07, 6.45) is 6.07. The number of aromatic nitrogens is 1. The third-order valence-electron chi connectivity index (χ3n) is 4.06. The van der Waals surface area contributed by atoms with E-state index in [1.807, 2.05) is 12.4 Å². The molecule has 0 bridgehead atoms. The lowest BCUT2D eigenvalue weighted by molar-refractivity contribution is 0.125. The van der Waals surface area contributed by atoms with Crippen LogP contribution in [0.15, 0.2) is 48.8 Å². The quantitative estimate of drug-likeness (QED) is 0.845. The van der Waals surface area contributed by atoms with Gasteiger partial charge in [-0.1, -0.05) is 0 Å². The highest BCUT2D eigenvalue weighted by atomic mass is 19.1. The van der Waals surface area contributed by atoms with Crippen LogP contribution in [0, 0.1) is 11.7 Å². The Balaban J connectivity index is 1.49. The van der Waals surface area contributed by atoms with Crippen LogP contribution in [0.1, 0.15) is 18.4 Å². The van der Waals surface area contributed by atoms with Gasteiger partial charge < -0.3 is 4.74 Å². The third-order valence-corrected chi connectivity index (χ3v) is 4.06. The molecular weight excluding hydrogens is 279 g/mol. The lowest BCUT2D eigenvalue weighted by atomic mass is 9.98. The fourth-order valence-electron chi connectivity index (χ4n) is 2.92. The molecule has 1 aromatic heterocycles. The van der Waals surface area contributed by atoms with Crippen LogP contribution in [-0.4, -0.2) is 29.6 Å². The normalized spacial score (nSPS) is 19.0. The molecule has 116 valence electrons. The van der Waals surface area contributed by atoms with E-state index in [-0.39, 0.29) is 5.82 Å². The van der Waals surface area contributed by atoms with Crippen LogP contribution < -0.4 is 4.74 Å². The number of benzene rings is 1. The number of hydrogen-bond donors (Lipinski definition) is 0. The molecule has 1 fully saturated rings. The van der Waals surface area contributed by atoms with E-state index in [2.05, 4.69) is 22.0 Å². The number of ether oxygens (including phenoxy) is 1. The smallest absolute Gasteiger partial charge is 0.123 e. The van der Waals surface area contributed by atoms with Crippen molar-refractivity contribution in [2.45, 2.75) is 19.4 Å². The molecule has 0 aliphatic carbocycles. The minimum atomic E-state index is -0.228. The van der Waals surface area contributed by atoms with Crippen molar-refractivity contribution in [2.75, 3.05) is 19.7 Å². The molecule has 2 heterocycles. The monoisotopic (exact) mass is 300 g/mol. The third kappa shape index (κ3) is 4.28. The Morgan fingerprint density at radius 2 is 1.91 bits per heavy atom. The van der Waals surface area contributed by atoms with E-state index in [9.17, 15) is 4.39 Å². The van der Waals surface area contributed by atoms with E-state index in [0.29, 0.717) is 12.5 Å². The zero-order valence-corrected chi connectivity index (χ0v) is 12.6. The Hall–Kier alpha value is -1.94. The van der Waals surface area contributed by atoms with Crippen LogP contribution in [0.2, 0.25) is 0 Å². The van der Waals surface area contributed by atoms with E-state index in [1.165, 1.54) is 30.5 Å². The standard InChI is InChI=1S/C18H21FN2O/c19-17-3-5-18(6-4-17)22-14-16-2-1-11-21(13-16)12-15-7-9-20-10-8-15/h3-10,16H,1-2,11-14H2/t16-/m1/s1. The van der Waals surface area contributed by atoms with E-state index in [4.69, 9.17) is 4.74 Å². The fraction of sp³-hybridized carbons (Fsp3) is 0.389. The van der Waals surface area contributed by atoms with Gasteiger partial charge >= 0.3 is 0 Å². The van der Waals surface area contributed by atoms with Gasteiger partial charge in [0.15, 0.2) is 0 Å². The molecule has 0 N–H and O–H groups in total. The molecule has 4 heteroatoms. The zero-order chi connectivity index (χ0) is 15.2. The minimum absolute atomic E-state index is 0.228. The molecule has 1 aliphatic heterocycles. The number of pyridine rings is 1. The molecule has 0 radical (unpaired) electrons. The van der Waals surface area contributed by atoms with E-state index in [0.717, 1.165) is 25.4 Å². The van der Waals surface area contributed by atoms with Crippen molar-refractivity contribution in [2.24, 2.45) is 5.92 Å². The van der Waals surface area contributed by atoms with Crippen molar-refractivity contribution in [3.05, 3.63) is 60.2 Å². The molecule has 2 aromatic rings. The van der Waals surface area contributed by atoms with Crippen LogP contribution in [0.3, 0.4) is 0 Å². The van der Waals surface area contributed by atoms with Crippen LogP contribution in [0.4, 0.5) is 4.39 Å². The first-order valence-electron chi connectivity index (χ1n) is 7.79. The van der Waals surface area contributed by atoms with Gasteiger partial charge in [-0.3, -0.25) is 9.88 Å². The minimum Gasteiger partial charge on any atom is -0.493 e. The number of piperidine rings is 1. The van der Waals surface area contributed by atoms with Crippen molar-refractivity contribution >= 4 is 0 Å². The van der Waals surface area contributed by atoms with Crippen molar-refractivity contribution in [3.63, 3.8) is 0 Å². The van der Waals surface area contributed by atoms with E-state index in [1.54, 1.807) is 12.1 Å². The maximum atomic E-state index is 12.9. The highest BCUT2D eigenvalue weighted by Gasteiger charge is 2.20. The summed E-state index contributed by atoms with van der Waals surface area (Å²) in [4.78, 5) is 6.53. The number of rotatable bonds is 5. The highest BCUT2D eigenvalue weighted by Crippen LogP contribution is 2.20. The van der Waals surface area contributed by atoms with Gasteiger partial charge in [-0.25, -0.2) is 4.39 Å². The average molecular weight is 300 g/mol. The van der Waals surface area contributed by atoms with Crippen molar-refractivity contribution in [1.29, 1.82) is 0 Å². The van der Waals surface area contributed by atoms with Gasteiger partial charge in [-0.15, -0.1) is 0 Å². The van der Waals surface area contributed by atoms with Gasteiger partial charge in [0.25, 0.3) is 0 Å². The summed E-state index contributed by atoms with van der Waals surface area (Å²) in [6.45, 7) is 3.84. The van der Waals surface area contributed by atoms with E-state index < -0.39 is 0 Å². The topological polar surface area (TPSA) is 25.4 Å². The molecule has 1 saturated heterocycles. The summed E-state index contributed by atoms with van der Waals surface area (Å²) in [7, 11) is 0. The van der Waals surface area contributed by atoms with Gasteiger partial charge in [0.1, 0.15) is 11.6 Å². The number of hydrogen-bond acceptors (Lipinski definition) is 3. The van der Waals surface area contributed by atoms with Crippen molar-refractivity contribution in [3.8, 4) is 5.75 Å². The molecule has 22 heavy (non-hydrogen) atoms. The van der Waals surface area contributed by atoms with Crippen molar-refractivity contribution < 1.29 is 9.13 Å². The molecular formula is C18H21FN2O. The maximum absolute atomic E-state index is 12.9. The predicted molar refractivity (Wildman–Crippen MR) is 84.1 cm³/mol. The fourth-order valence-corrected chi connectivity index (χ4v) is 2.92. The average Bonchev–Trinajstić information content (AvgIpc) is 2.56. The van der Waals surface area contributed by atoms with Crippen LogP contribution in [0.5, 0.6) is 5.75 Å². The second-order valence-corrected chi connectivity index (χ2v) is 5.86. The second-order valence-electron chi connectivity index (χ2n) is 5.86. The molecule has 0 unspecified atom stereocenters. The molecule has 1 aliphatic rings. The summed E-state index contributed by atoms with van der Waals surface area (Å²) in [5, 5.41) is 0. The molecule has 3 rings (SSSR count).